The van der Waals surface area contributed by atoms with Crippen LogP contribution in [-0.2, 0) is 59.0 Å². The number of azo groups is 2. The van der Waals surface area contributed by atoms with Gasteiger partial charge in [-0.05, 0) is 42.5 Å². The molecule has 0 spiro atoms. The third-order valence-electron chi connectivity index (χ3n) is 5.66. The van der Waals surface area contributed by atoms with Crippen LogP contribution in [0.2, 0.25) is 0 Å². The molecule has 0 atom stereocenters. The van der Waals surface area contributed by atoms with Gasteiger partial charge >= 0.3 is 20.8 Å². The molecule has 7 N–H and O–H groups in total. The lowest BCUT2D eigenvalue weighted by Gasteiger charge is -2.10. The zero-order valence-electron chi connectivity index (χ0n) is 23.7. The highest BCUT2D eigenvalue weighted by atomic mass is 32.3. The van der Waals surface area contributed by atoms with Crippen LogP contribution in [0.4, 0.5) is 34.1 Å². The fourth-order valence-corrected chi connectivity index (χ4v) is 7.18. The first kappa shape index (κ1) is 38.5. The van der Waals surface area contributed by atoms with Gasteiger partial charge in [-0.25, -0.2) is 25.2 Å². The summed E-state index contributed by atoms with van der Waals surface area (Å²) in [5, 5.41) is 15.2. The summed E-state index contributed by atoms with van der Waals surface area (Å²) in [4.78, 5) is -1.65. The number of rotatable bonds is 15. The van der Waals surface area contributed by atoms with Crippen molar-refractivity contribution in [2.24, 2.45) is 20.5 Å². The summed E-state index contributed by atoms with van der Waals surface area (Å²) in [5.74, 6) is -1.70. The van der Waals surface area contributed by atoms with Crippen molar-refractivity contribution in [2.75, 3.05) is 36.2 Å². The van der Waals surface area contributed by atoms with Crippen molar-refractivity contribution in [3.05, 3.63) is 54.6 Å². The van der Waals surface area contributed by atoms with E-state index < -0.39 is 103 Å². The molecule has 3 aromatic rings. The number of nitrogens with two attached hydrogens (primary N) is 2. The van der Waals surface area contributed by atoms with Gasteiger partial charge in [0.15, 0.2) is 19.7 Å². The van der Waals surface area contributed by atoms with E-state index >= 15 is 0 Å². The molecule has 0 radical (unpaired) electrons. The van der Waals surface area contributed by atoms with Gasteiger partial charge in [0, 0.05) is 0 Å². The standard InChI is InChI=1S/C22H24N6O15S5/c23-20-18(27-25-14-3-1-5-16(11-14)44(29,30)9-7-42-47(36,37)38)13-19(46(33,34)35)21(24)22(20)28-26-15-4-2-6-17(12-15)45(31,32)10-8-43-48(39,40)41/h1-6,11-13H,7-10,23-24H2,(H,33,34,35)(H,36,37,38)(H,39,40,41). The Balaban J connectivity index is 1.98. The van der Waals surface area contributed by atoms with Crippen molar-refractivity contribution in [1.29, 1.82) is 0 Å². The van der Waals surface area contributed by atoms with Crippen molar-refractivity contribution in [2.45, 2.75) is 14.7 Å². The van der Waals surface area contributed by atoms with E-state index in [1.807, 2.05) is 0 Å². The van der Waals surface area contributed by atoms with Crippen molar-refractivity contribution in [1.82, 2.24) is 0 Å². The highest BCUT2D eigenvalue weighted by molar-refractivity contribution is 7.91. The summed E-state index contributed by atoms with van der Waals surface area (Å²) in [6, 6.07) is 10.1. The molecule has 3 rings (SSSR count). The second kappa shape index (κ2) is 14.6. The molecule has 0 heterocycles. The minimum atomic E-state index is -5.04. The van der Waals surface area contributed by atoms with Crippen LogP contribution >= 0.6 is 0 Å². The maximum Gasteiger partial charge on any atom is 0.397 e. The molecular formula is C22H24N6O15S5. The SMILES string of the molecule is Nc1c(N=Nc2cccc(S(=O)(=O)CCOS(=O)(=O)O)c2)cc(S(=O)(=O)O)c(N)c1N=Nc1cccc(S(=O)(=O)CCOS(=O)(=O)O)c1. The number of nitrogen functional groups attached to an aromatic ring is 2. The molecule has 21 nitrogen and oxygen atoms in total. The fourth-order valence-electron chi connectivity index (χ4n) is 3.50. The molecule has 0 unspecified atom stereocenters. The first-order valence-electron chi connectivity index (χ1n) is 12.4. The minimum absolute atomic E-state index is 0.125. The maximum absolute atomic E-state index is 12.5. The molecule has 0 aliphatic heterocycles. The number of benzene rings is 3. The van der Waals surface area contributed by atoms with Gasteiger partial charge in [0.25, 0.3) is 10.1 Å². The minimum Gasteiger partial charge on any atom is -0.396 e. The largest absolute Gasteiger partial charge is 0.397 e. The normalized spacial score (nSPS) is 13.4. The number of hydrogen-bond donors (Lipinski definition) is 5. The van der Waals surface area contributed by atoms with E-state index in [1.54, 1.807) is 0 Å². The Morgan fingerprint density at radius 1 is 0.583 bits per heavy atom. The van der Waals surface area contributed by atoms with Gasteiger partial charge in [-0.2, -0.15) is 35.5 Å². The van der Waals surface area contributed by atoms with Crippen LogP contribution in [0.25, 0.3) is 0 Å². The second-order valence-corrected chi connectivity index (χ2v) is 16.9. The van der Waals surface area contributed by atoms with Crippen molar-refractivity contribution in [3.63, 3.8) is 0 Å². The lowest BCUT2D eigenvalue weighted by atomic mass is 10.2. The van der Waals surface area contributed by atoms with Gasteiger partial charge in [-0.3, -0.25) is 13.7 Å². The summed E-state index contributed by atoms with van der Waals surface area (Å²) < 4.78 is 152. The number of anilines is 2. The molecule has 26 heteroatoms. The molecule has 48 heavy (non-hydrogen) atoms. The van der Waals surface area contributed by atoms with Gasteiger partial charge in [-0.1, -0.05) is 12.1 Å². The topological polar surface area (TPSA) is 351 Å². The Kier molecular flexibility index (Phi) is 11.7. The van der Waals surface area contributed by atoms with Gasteiger partial charge in [0.1, 0.15) is 16.3 Å². The molecule has 0 aromatic heterocycles. The third-order valence-corrected chi connectivity index (χ3v) is 10.8. The lowest BCUT2D eigenvalue weighted by molar-refractivity contribution is 0.282. The molecule has 0 aliphatic rings. The van der Waals surface area contributed by atoms with Gasteiger partial charge < -0.3 is 11.5 Å². The number of sulfone groups is 2. The zero-order valence-corrected chi connectivity index (χ0v) is 27.8. The molecule has 0 fully saturated rings. The monoisotopic (exact) mass is 772 g/mol. The number of hydrogen-bond acceptors (Lipinski definition) is 18. The molecule has 3 aromatic carbocycles. The predicted molar refractivity (Wildman–Crippen MR) is 165 cm³/mol. The van der Waals surface area contributed by atoms with Gasteiger partial charge in [0.2, 0.25) is 0 Å². The fraction of sp³-hybridized carbons (Fsp3) is 0.182. The molecular weight excluding hydrogens is 749 g/mol. The van der Waals surface area contributed by atoms with E-state index in [0.717, 1.165) is 30.3 Å². The Labute approximate surface area is 273 Å². The zero-order chi connectivity index (χ0) is 36.1. The molecule has 262 valence electrons. The summed E-state index contributed by atoms with van der Waals surface area (Å²) in [5.41, 5.74) is 9.56. The van der Waals surface area contributed by atoms with Gasteiger partial charge in [-0.15, -0.1) is 10.2 Å². The van der Waals surface area contributed by atoms with Gasteiger partial charge in [0.05, 0.1) is 57.3 Å². The van der Waals surface area contributed by atoms with E-state index in [1.165, 1.54) is 24.3 Å². The molecule has 0 saturated carbocycles. The van der Waals surface area contributed by atoms with Crippen molar-refractivity contribution >= 4 is 84.7 Å². The van der Waals surface area contributed by atoms with Crippen molar-refractivity contribution < 1.29 is 64.1 Å². The highest BCUT2D eigenvalue weighted by Crippen LogP contribution is 2.43. The summed E-state index contributed by atoms with van der Waals surface area (Å²) in [7, 11) is -23.1. The quantitative estimate of drug-likeness (QED) is 0.0838. The van der Waals surface area contributed by atoms with Crippen LogP contribution < -0.4 is 11.5 Å². The molecule has 0 amide bonds. The summed E-state index contributed by atoms with van der Waals surface area (Å²) >= 11 is 0. The van der Waals surface area contributed by atoms with Crippen LogP contribution in [0.5, 0.6) is 0 Å². The first-order chi connectivity index (χ1) is 22.0. The Morgan fingerprint density at radius 3 is 1.44 bits per heavy atom. The van der Waals surface area contributed by atoms with Crippen LogP contribution in [0.3, 0.4) is 0 Å². The molecule has 0 saturated heterocycles. The molecule has 0 aliphatic carbocycles. The van der Waals surface area contributed by atoms with Crippen LogP contribution in [0.1, 0.15) is 0 Å². The van der Waals surface area contributed by atoms with Crippen LogP contribution in [0.15, 0.2) is 89.7 Å². The smallest absolute Gasteiger partial charge is 0.396 e. The van der Waals surface area contributed by atoms with E-state index in [2.05, 4.69) is 28.8 Å². The van der Waals surface area contributed by atoms with E-state index in [0.29, 0.717) is 0 Å². The van der Waals surface area contributed by atoms with Crippen LogP contribution in [-0.4, -0.2) is 80.5 Å². The third kappa shape index (κ3) is 11.0. The first-order valence-corrected chi connectivity index (χ1v) is 19.9. The van der Waals surface area contributed by atoms with E-state index in [4.69, 9.17) is 20.6 Å². The maximum atomic E-state index is 12.5. The van der Waals surface area contributed by atoms with E-state index in [-0.39, 0.29) is 21.2 Å². The average molecular weight is 773 g/mol. The lowest BCUT2D eigenvalue weighted by Crippen LogP contribution is -2.15. The van der Waals surface area contributed by atoms with Crippen molar-refractivity contribution in [3.8, 4) is 0 Å². The molecule has 0 bridgehead atoms. The Bertz CT molecular complexity index is 2330. The van der Waals surface area contributed by atoms with E-state index in [9.17, 15) is 46.6 Å². The summed E-state index contributed by atoms with van der Waals surface area (Å²) in [6.07, 6.45) is 0. The summed E-state index contributed by atoms with van der Waals surface area (Å²) in [6.45, 7) is -1.79. The number of nitrogens with zero attached hydrogens (tertiary/aromatic N) is 4. The highest BCUT2D eigenvalue weighted by Gasteiger charge is 2.23. The Hall–Kier alpha value is -3.99. The Morgan fingerprint density at radius 2 is 1.02 bits per heavy atom. The average Bonchev–Trinajstić information content (AvgIpc) is 2.95. The van der Waals surface area contributed by atoms with Crippen LogP contribution in [0, 0.1) is 0 Å². The predicted octanol–water partition coefficient (Wildman–Crippen LogP) is 2.11. The second-order valence-electron chi connectivity index (χ2n) is 9.08.